The SMILES string of the molecule is O=C(CCCCCC[C@@H]1[C@@H](CC[C@@H](O)CCc2ncccn2)[C@H](O)C[C@@H]1O)NC1CC1. The van der Waals surface area contributed by atoms with Crippen LogP contribution in [0.25, 0.3) is 0 Å². The molecular formula is C24H39N3O4. The number of hydrogen-bond donors (Lipinski definition) is 4. The van der Waals surface area contributed by atoms with E-state index < -0.39 is 18.3 Å². The van der Waals surface area contributed by atoms with E-state index in [1.807, 2.05) is 0 Å². The summed E-state index contributed by atoms with van der Waals surface area (Å²) < 4.78 is 0. The first kappa shape index (κ1) is 24.1. The van der Waals surface area contributed by atoms with E-state index in [2.05, 4.69) is 15.3 Å². The predicted molar refractivity (Wildman–Crippen MR) is 118 cm³/mol. The predicted octanol–water partition coefficient (Wildman–Crippen LogP) is 2.53. The third kappa shape index (κ3) is 8.47. The number of aromatic nitrogens is 2. The lowest BCUT2D eigenvalue weighted by Gasteiger charge is -2.24. The fourth-order valence-corrected chi connectivity index (χ4v) is 4.81. The van der Waals surface area contributed by atoms with Crippen molar-refractivity contribution >= 4 is 5.91 Å². The molecule has 31 heavy (non-hydrogen) atoms. The molecule has 174 valence electrons. The van der Waals surface area contributed by atoms with Gasteiger partial charge >= 0.3 is 0 Å². The van der Waals surface area contributed by atoms with Gasteiger partial charge in [0, 0.05) is 31.3 Å². The lowest BCUT2D eigenvalue weighted by atomic mass is 9.84. The Bertz CT molecular complexity index is 655. The maximum Gasteiger partial charge on any atom is 0.220 e. The molecule has 3 rings (SSSR count). The van der Waals surface area contributed by atoms with Gasteiger partial charge in [0.05, 0.1) is 18.3 Å². The highest BCUT2D eigenvalue weighted by atomic mass is 16.3. The Labute approximate surface area is 185 Å². The van der Waals surface area contributed by atoms with Crippen molar-refractivity contribution in [1.29, 1.82) is 0 Å². The molecule has 7 heteroatoms. The molecule has 0 saturated heterocycles. The number of amides is 1. The van der Waals surface area contributed by atoms with Gasteiger partial charge in [-0.2, -0.15) is 0 Å². The summed E-state index contributed by atoms with van der Waals surface area (Å²) >= 11 is 0. The fourth-order valence-electron chi connectivity index (χ4n) is 4.81. The number of carbonyl (C=O) groups excluding carboxylic acids is 1. The van der Waals surface area contributed by atoms with Crippen LogP contribution < -0.4 is 5.32 Å². The van der Waals surface area contributed by atoms with E-state index >= 15 is 0 Å². The van der Waals surface area contributed by atoms with Gasteiger partial charge < -0.3 is 20.6 Å². The van der Waals surface area contributed by atoms with Crippen LogP contribution >= 0.6 is 0 Å². The molecule has 2 fully saturated rings. The monoisotopic (exact) mass is 433 g/mol. The van der Waals surface area contributed by atoms with Crippen LogP contribution in [0.4, 0.5) is 0 Å². The first-order valence-corrected chi connectivity index (χ1v) is 12.1. The van der Waals surface area contributed by atoms with Gasteiger partial charge in [0.15, 0.2) is 0 Å². The number of aryl methyl sites for hydroxylation is 1. The summed E-state index contributed by atoms with van der Waals surface area (Å²) in [6.45, 7) is 0. The lowest BCUT2D eigenvalue weighted by molar-refractivity contribution is -0.121. The molecule has 0 spiro atoms. The molecule has 1 heterocycles. The standard InChI is InChI=1S/C24H39N3O4/c28-18(11-13-23-25-14-5-15-26-23)10-12-20-19(21(29)16-22(20)30)6-3-1-2-4-7-24(31)27-17-8-9-17/h5,14-15,17-22,28-30H,1-4,6-13,16H2,(H,27,31)/t18-,19-,20-,21+,22-/m1/s1. The number of unbranched alkanes of at least 4 members (excludes halogenated alkanes) is 3. The summed E-state index contributed by atoms with van der Waals surface area (Å²) in [6.07, 6.45) is 12.8. The number of hydrogen-bond acceptors (Lipinski definition) is 6. The number of carbonyl (C=O) groups is 1. The van der Waals surface area contributed by atoms with Crippen LogP contribution in [-0.2, 0) is 11.2 Å². The van der Waals surface area contributed by atoms with E-state index in [0.717, 1.165) is 57.2 Å². The highest BCUT2D eigenvalue weighted by Crippen LogP contribution is 2.39. The topological polar surface area (TPSA) is 116 Å². The van der Waals surface area contributed by atoms with Gasteiger partial charge in [0.25, 0.3) is 0 Å². The quantitative estimate of drug-likeness (QED) is 0.335. The van der Waals surface area contributed by atoms with Crippen LogP contribution in [0.1, 0.15) is 82.9 Å². The number of nitrogens with zero attached hydrogens (tertiary/aromatic N) is 2. The minimum Gasteiger partial charge on any atom is -0.393 e. The molecule has 2 saturated carbocycles. The average molecular weight is 434 g/mol. The van der Waals surface area contributed by atoms with E-state index in [0.29, 0.717) is 38.1 Å². The van der Waals surface area contributed by atoms with Crippen molar-refractivity contribution in [3.05, 3.63) is 24.3 Å². The fraction of sp³-hybridized carbons (Fsp3) is 0.792. The van der Waals surface area contributed by atoms with Gasteiger partial charge in [0.1, 0.15) is 5.82 Å². The first-order chi connectivity index (χ1) is 15.0. The second-order valence-electron chi connectivity index (χ2n) is 9.43. The summed E-state index contributed by atoms with van der Waals surface area (Å²) in [5.74, 6) is 1.05. The molecular weight excluding hydrogens is 394 g/mol. The molecule has 1 aromatic rings. The smallest absolute Gasteiger partial charge is 0.220 e. The Kier molecular flexibility index (Phi) is 9.68. The molecule has 1 amide bonds. The Morgan fingerprint density at radius 2 is 1.68 bits per heavy atom. The van der Waals surface area contributed by atoms with Gasteiger partial charge in [-0.15, -0.1) is 0 Å². The van der Waals surface area contributed by atoms with E-state index in [1.54, 1.807) is 18.5 Å². The number of rotatable bonds is 14. The Balaban J connectivity index is 1.30. The number of aliphatic hydroxyl groups excluding tert-OH is 3. The molecule has 5 atom stereocenters. The van der Waals surface area contributed by atoms with Crippen molar-refractivity contribution < 1.29 is 20.1 Å². The molecule has 0 bridgehead atoms. The van der Waals surface area contributed by atoms with E-state index in [4.69, 9.17) is 0 Å². The van der Waals surface area contributed by atoms with Crippen molar-refractivity contribution in [3.8, 4) is 0 Å². The van der Waals surface area contributed by atoms with Crippen molar-refractivity contribution in [2.24, 2.45) is 11.8 Å². The normalized spacial score (nSPS) is 26.7. The average Bonchev–Trinajstić information content (AvgIpc) is 3.52. The zero-order chi connectivity index (χ0) is 22.1. The molecule has 0 aromatic carbocycles. The molecule has 2 aliphatic rings. The zero-order valence-corrected chi connectivity index (χ0v) is 18.5. The molecule has 0 unspecified atom stereocenters. The third-order valence-corrected chi connectivity index (χ3v) is 6.81. The van der Waals surface area contributed by atoms with Gasteiger partial charge in [0.2, 0.25) is 5.91 Å². The second kappa shape index (κ2) is 12.5. The van der Waals surface area contributed by atoms with Crippen LogP contribution in [0, 0.1) is 11.8 Å². The molecule has 2 aliphatic carbocycles. The highest BCUT2D eigenvalue weighted by Gasteiger charge is 2.40. The van der Waals surface area contributed by atoms with Crippen molar-refractivity contribution in [1.82, 2.24) is 15.3 Å². The zero-order valence-electron chi connectivity index (χ0n) is 18.5. The van der Waals surface area contributed by atoms with Gasteiger partial charge in [-0.25, -0.2) is 9.97 Å². The van der Waals surface area contributed by atoms with Gasteiger partial charge in [-0.1, -0.05) is 19.3 Å². The summed E-state index contributed by atoms with van der Waals surface area (Å²) in [7, 11) is 0. The molecule has 4 N–H and O–H groups in total. The molecule has 7 nitrogen and oxygen atoms in total. The van der Waals surface area contributed by atoms with Gasteiger partial charge in [-0.05, 0) is 69.3 Å². The van der Waals surface area contributed by atoms with Gasteiger partial charge in [-0.3, -0.25) is 4.79 Å². The minimum absolute atomic E-state index is 0.0435. The van der Waals surface area contributed by atoms with Crippen LogP contribution in [0.5, 0.6) is 0 Å². The second-order valence-corrected chi connectivity index (χ2v) is 9.43. The van der Waals surface area contributed by atoms with Crippen molar-refractivity contribution in [3.63, 3.8) is 0 Å². The minimum atomic E-state index is -0.490. The molecule has 0 radical (unpaired) electrons. The summed E-state index contributed by atoms with van der Waals surface area (Å²) in [4.78, 5) is 20.1. The maximum absolute atomic E-state index is 11.7. The van der Waals surface area contributed by atoms with Crippen LogP contribution in [0.15, 0.2) is 18.5 Å². The largest absolute Gasteiger partial charge is 0.393 e. The summed E-state index contributed by atoms with van der Waals surface area (Å²) in [6, 6.07) is 2.21. The maximum atomic E-state index is 11.7. The summed E-state index contributed by atoms with van der Waals surface area (Å²) in [5, 5.41) is 34.2. The van der Waals surface area contributed by atoms with Crippen LogP contribution in [0.2, 0.25) is 0 Å². The van der Waals surface area contributed by atoms with Crippen LogP contribution in [-0.4, -0.2) is 55.5 Å². The molecule has 1 aromatic heterocycles. The summed E-state index contributed by atoms with van der Waals surface area (Å²) in [5.41, 5.74) is 0. The van der Waals surface area contributed by atoms with Crippen molar-refractivity contribution in [2.75, 3.05) is 0 Å². The number of nitrogens with one attached hydrogen (secondary N) is 1. The lowest BCUT2D eigenvalue weighted by Crippen LogP contribution is -2.25. The molecule has 0 aliphatic heterocycles. The van der Waals surface area contributed by atoms with E-state index in [9.17, 15) is 20.1 Å². The first-order valence-electron chi connectivity index (χ1n) is 12.1. The van der Waals surface area contributed by atoms with Crippen LogP contribution in [0.3, 0.4) is 0 Å². The highest BCUT2D eigenvalue weighted by molar-refractivity contribution is 5.76. The Hall–Kier alpha value is -1.57. The Morgan fingerprint density at radius 3 is 2.39 bits per heavy atom. The van der Waals surface area contributed by atoms with E-state index in [1.165, 1.54) is 0 Å². The van der Waals surface area contributed by atoms with E-state index in [-0.39, 0.29) is 17.7 Å². The van der Waals surface area contributed by atoms with Crippen molar-refractivity contribution in [2.45, 2.75) is 108 Å². The number of aliphatic hydroxyl groups is 3. The Morgan fingerprint density at radius 1 is 1.00 bits per heavy atom. The third-order valence-electron chi connectivity index (χ3n) is 6.81.